The molecule has 2 aliphatic carbocycles. The van der Waals surface area contributed by atoms with Gasteiger partial charge in [0.25, 0.3) is 0 Å². The van der Waals surface area contributed by atoms with Crippen molar-refractivity contribution in [3.05, 3.63) is 71.1 Å². The molecule has 5 nitrogen and oxygen atoms in total. The van der Waals surface area contributed by atoms with Crippen molar-refractivity contribution in [2.45, 2.75) is 26.7 Å². The van der Waals surface area contributed by atoms with Gasteiger partial charge in [-0.3, -0.25) is 4.79 Å². The average Bonchev–Trinajstić information content (AvgIpc) is 3.47. The first-order valence-electron chi connectivity index (χ1n) is 9.91. The molecule has 1 heterocycles. The fraction of sp³-hybridized carbons (Fsp3) is 0.348. The number of carbonyl (C=O) groups is 1. The van der Waals surface area contributed by atoms with Crippen molar-refractivity contribution in [2.24, 2.45) is 17.3 Å². The summed E-state index contributed by atoms with van der Waals surface area (Å²) in [4.78, 5) is 21.5. The van der Waals surface area contributed by atoms with Gasteiger partial charge in [0.15, 0.2) is 5.75 Å². The van der Waals surface area contributed by atoms with Crippen LogP contribution >= 0.6 is 11.6 Å². The van der Waals surface area contributed by atoms with Crippen LogP contribution in [0.5, 0.6) is 5.75 Å². The average molecular weight is 428 g/mol. The number of carbonyl (C=O) groups excluding carboxylic acids is 1. The highest BCUT2D eigenvalue weighted by Crippen LogP contribution is 2.60. The molecular formula is C23H23ClFN3O2. The van der Waals surface area contributed by atoms with Gasteiger partial charge in [0.1, 0.15) is 11.6 Å². The van der Waals surface area contributed by atoms with Gasteiger partial charge >= 0.3 is 0 Å². The molecule has 1 aromatic carbocycles. The minimum Gasteiger partial charge on any atom is -0.489 e. The van der Waals surface area contributed by atoms with Gasteiger partial charge in [-0.05, 0) is 50.8 Å². The summed E-state index contributed by atoms with van der Waals surface area (Å²) in [6.07, 6.45) is 11.5. The Balaban J connectivity index is 1.51. The molecule has 1 unspecified atom stereocenters. The minimum atomic E-state index is -0.515. The van der Waals surface area contributed by atoms with Crippen molar-refractivity contribution < 1.29 is 13.9 Å². The van der Waals surface area contributed by atoms with Crippen LogP contribution in [0, 0.1) is 36.9 Å². The number of nitrogens with one attached hydrogen (secondary N) is 1. The maximum Gasteiger partial charge on any atom is 0.228 e. The highest BCUT2D eigenvalue weighted by molar-refractivity contribution is 6.31. The number of ether oxygens (including phenoxy) is 1. The summed E-state index contributed by atoms with van der Waals surface area (Å²) in [5.74, 6) is 0.680. The fourth-order valence-electron chi connectivity index (χ4n) is 4.09. The fourth-order valence-corrected chi connectivity index (χ4v) is 4.27. The number of nitrogens with zero attached hydrogens (tertiary/aromatic N) is 2. The zero-order chi connectivity index (χ0) is 21.3. The lowest BCUT2D eigenvalue weighted by molar-refractivity contribution is -0.118. The van der Waals surface area contributed by atoms with Gasteiger partial charge in [0.2, 0.25) is 5.91 Å². The zero-order valence-electron chi connectivity index (χ0n) is 16.9. The normalized spacial score (nSPS) is 24.5. The third kappa shape index (κ3) is 4.10. The molecule has 1 saturated carbocycles. The quantitative estimate of drug-likeness (QED) is 0.701. The van der Waals surface area contributed by atoms with Crippen LogP contribution < -0.4 is 10.1 Å². The lowest BCUT2D eigenvalue weighted by Crippen LogP contribution is -2.29. The van der Waals surface area contributed by atoms with E-state index in [0.29, 0.717) is 30.3 Å². The van der Waals surface area contributed by atoms with Crippen molar-refractivity contribution in [3.8, 4) is 5.75 Å². The van der Waals surface area contributed by atoms with Crippen molar-refractivity contribution in [3.63, 3.8) is 0 Å². The monoisotopic (exact) mass is 427 g/mol. The molecule has 0 saturated heterocycles. The minimum absolute atomic E-state index is 0.0200. The molecule has 1 amide bonds. The number of hydrogen-bond donors (Lipinski definition) is 1. The van der Waals surface area contributed by atoms with E-state index in [1.807, 2.05) is 26.0 Å². The van der Waals surface area contributed by atoms with Crippen LogP contribution in [0.3, 0.4) is 0 Å². The Morgan fingerprint density at radius 3 is 2.90 bits per heavy atom. The number of aryl methyl sites for hydroxylation is 2. The molecule has 7 heteroatoms. The van der Waals surface area contributed by atoms with E-state index in [1.54, 1.807) is 6.20 Å². The number of anilines is 1. The highest BCUT2D eigenvalue weighted by atomic mass is 35.5. The topological polar surface area (TPSA) is 64.1 Å². The summed E-state index contributed by atoms with van der Waals surface area (Å²) < 4.78 is 19.5. The first-order chi connectivity index (χ1) is 14.4. The standard InChI is InChI=1S/C23H23ClFN3O2/c1-14-21(12-26-15(2)27-14)30-13-23(16-6-4-3-5-7-16)11-18(23)22(29)28-17-8-9-20(25)19(24)10-17/h3-6,8-10,12,16,18H,7,11,13H2,1-2H3,(H,28,29)/t16?,18-,23+/m0/s1. The van der Waals surface area contributed by atoms with Crippen LogP contribution in [0.4, 0.5) is 10.1 Å². The number of benzene rings is 1. The van der Waals surface area contributed by atoms with Gasteiger partial charge in [-0.15, -0.1) is 0 Å². The van der Waals surface area contributed by atoms with Crippen LogP contribution in [-0.4, -0.2) is 22.5 Å². The van der Waals surface area contributed by atoms with E-state index in [1.165, 1.54) is 18.2 Å². The molecule has 4 rings (SSSR count). The number of amides is 1. The first-order valence-corrected chi connectivity index (χ1v) is 10.3. The van der Waals surface area contributed by atoms with E-state index >= 15 is 0 Å². The van der Waals surface area contributed by atoms with Crippen LogP contribution in [0.25, 0.3) is 0 Å². The largest absolute Gasteiger partial charge is 0.489 e. The Kier molecular flexibility index (Phi) is 5.60. The number of allylic oxidation sites excluding steroid dienone is 4. The second-order valence-electron chi connectivity index (χ2n) is 7.92. The third-order valence-electron chi connectivity index (χ3n) is 5.89. The second-order valence-corrected chi connectivity index (χ2v) is 8.33. The van der Waals surface area contributed by atoms with E-state index in [9.17, 15) is 9.18 Å². The molecule has 0 bridgehead atoms. The molecule has 2 aromatic rings. The molecule has 1 fully saturated rings. The second kappa shape index (κ2) is 8.19. The van der Waals surface area contributed by atoms with Crippen LogP contribution in [0.15, 0.2) is 48.7 Å². The van der Waals surface area contributed by atoms with Gasteiger partial charge < -0.3 is 10.1 Å². The lowest BCUT2D eigenvalue weighted by atomic mass is 9.82. The molecular weight excluding hydrogens is 405 g/mol. The molecule has 156 valence electrons. The molecule has 3 atom stereocenters. The number of rotatable bonds is 6. The van der Waals surface area contributed by atoms with Crippen LogP contribution in [0.1, 0.15) is 24.4 Å². The van der Waals surface area contributed by atoms with E-state index in [-0.39, 0.29) is 28.2 Å². The summed E-state index contributed by atoms with van der Waals surface area (Å²) in [5, 5.41) is 2.85. The van der Waals surface area contributed by atoms with E-state index in [2.05, 4.69) is 27.4 Å². The van der Waals surface area contributed by atoms with Gasteiger partial charge in [0, 0.05) is 17.0 Å². The van der Waals surface area contributed by atoms with E-state index < -0.39 is 5.82 Å². The van der Waals surface area contributed by atoms with Crippen molar-refractivity contribution in [2.75, 3.05) is 11.9 Å². The third-order valence-corrected chi connectivity index (χ3v) is 6.18. The van der Waals surface area contributed by atoms with Crippen LogP contribution in [0.2, 0.25) is 5.02 Å². The predicted molar refractivity (Wildman–Crippen MR) is 114 cm³/mol. The SMILES string of the molecule is Cc1ncc(OC[C@@]2(C3C=CC=CC3)C[C@H]2C(=O)Nc2ccc(F)c(Cl)c2)c(C)n1. The molecule has 0 aliphatic heterocycles. The van der Waals surface area contributed by atoms with E-state index in [0.717, 1.165) is 12.1 Å². The molecule has 2 aliphatic rings. The lowest BCUT2D eigenvalue weighted by Gasteiger charge is -2.26. The van der Waals surface area contributed by atoms with Crippen LogP contribution in [-0.2, 0) is 4.79 Å². The van der Waals surface area contributed by atoms with Crippen molar-refractivity contribution >= 4 is 23.2 Å². The van der Waals surface area contributed by atoms with Crippen molar-refractivity contribution in [1.29, 1.82) is 0 Å². The number of halogens is 2. The summed E-state index contributed by atoms with van der Waals surface area (Å²) in [7, 11) is 0. The maximum absolute atomic E-state index is 13.4. The summed E-state index contributed by atoms with van der Waals surface area (Å²) in [6, 6.07) is 4.18. The Labute approximate surface area is 180 Å². The molecule has 1 aromatic heterocycles. The van der Waals surface area contributed by atoms with E-state index in [4.69, 9.17) is 16.3 Å². The van der Waals surface area contributed by atoms with Gasteiger partial charge in [-0.1, -0.05) is 35.9 Å². The summed E-state index contributed by atoms with van der Waals surface area (Å²) in [6.45, 7) is 4.11. The Hall–Kier alpha value is -2.73. The molecule has 30 heavy (non-hydrogen) atoms. The predicted octanol–water partition coefficient (Wildman–Crippen LogP) is 5.04. The molecule has 1 N–H and O–H groups in total. The number of hydrogen-bond acceptors (Lipinski definition) is 4. The zero-order valence-corrected chi connectivity index (χ0v) is 17.6. The van der Waals surface area contributed by atoms with Gasteiger partial charge in [0.05, 0.1) is 23.5 Å². The summed E-state index contributed by atoms with van der Waals surface area (Å²) >= 11 is 5.84. The first kappa shape index (κ1) is 20.5. The highest BCUT2D eigenvalue weighted by Gasteiger charge is 2.62. The Bertz CT molecular complexity index is 1040. The summed E-state index contributed by atoms with van der Waals surface area (Å²) in [5.41, 5.74) is 0.946. The molecule has 0 radical (unpaired) electrons. The molecule has 0 spiro atoms. The maximum atomic E-state index is 13.4. The number of aromatic nitrogens is 2. The van der Waals surface area contributed by atoms with Gasteiger partial charge in [-0.2, -0.15) is 0 Å². The Morgan fingerprint density at radius 1 is 1.37 bits per heavy atom. The van der Waals surface area contributed by atoms with Gasteiger partial charge in [-0.25, -0.2) is 14.4 Å². The van der Waals surface area contributed by atoms with Crippen molar-refractivity contribution in [1.82, 2.24) is 9.97 Å². The smallest absolute Gasteiger partial charge is 0.228 e. The Morgan fingerprint density at radius 2 is 2.20 bits per heavy atom.